The summed E-state index contributed by atoms with van der Waals surface area (Å²) in [5, 5.41) is 9.07. The van der Waals surface area contributed by atoms with E-state index in [4.69, 9.17) is 9.47 Å². The summed E-state index contributed by atoms with van der Waals surface area (Å²) in [6.45, 7) is 3.31. The van der Waals surface area contributed by atoms with Crippen LogP contribution in [0.3, 0.4) is 0 Å². The number of hydrogen-bond donors (Lipinski definition) is 3. The lowest BCUT2D eigenvalue weighted by Gasteiger charge is -2.12. The summed E-state index contributed by atoms with van der Waals surface area (Å²) in [5.74, 6) is 0.730. The van der Waals surface area contributed by atoms with E-state index in [1.807, 2.05) is 24.3 Å². The SMILES string of the molecule is CN=C(NCCCOCCOC)NCc1ccc(NC(=O)OC)cc1.I. The van der Waals surface area contributed by atoms with Crippen LogP contribution in [0.2, 0.25) is 0 Å². The first-order valence-electron chi connectivity index (χ1n) is 8.14. The fourth-order valence-electron chi connectivity index (χ4n) is 1.91. The molecule has 0 fully saturated rings. The van der Waals surface area contributed by atoms with E-state index in [0.717, 1.165) is 24.5 Å². The number of methoxy groups -OCH3 is 2. The molecule has 0 aliphatic carbocycles. The molecule has 0 saturated heterocycles. The van der Waals surface area contributed by atoms with Crippen LogP contribution in [0, 0.1) is 0 Å². The highest BCUT2D eigenvalue weighted by molar-refractivity contribution is 14.0. The Morgan fingerprint density at radius 3 is 2.42 bits per heavy atom. The Morgan fingerprint density at radius 1 is 1.08 bits per heavy atom. The summed E-state index contributed by atoms with van der Waals surface area (Å²) in [5.41, 5.74) is 1.76. The molecular formula is C17H29IN4O4. The average molecular weight is 480 g/mol. The van der Waals surface area contributed by atoms with Gasteiger partial charge in [0.15, 0.2) is 5.96 Å². The van der Waals surface area contributed by atoms with Gasteiger partial charge in [0.05, 0.1) is 20.3 Å². The van der Waals surface area contributed by atoms with Gasteiger partial charge in [0.25, 0.3) is 0 Å². The number of halogens is 1. The van der Waals surface area contributed by atoms with Gasteiger partial charge < -0.3 is 24.8 Å². The van der Waals surface area contributed by atoms with Crippen LogP contribution in [-0.2, 0) is 20.8 Å². The molecule has 0 unspecified atom stereocenters. The highest BCUT2D eigenvalue weighted by Gasteiger charge is 2.01. The zero-order chi connectivity index (χ0) is 18.3. The van der Waals surface area contributed by atoms with E-state index in [9.17, 15) is 4.79 Å². The number of nitrogens with one attached hydrogen (secondary N) is 3. The Morgan fingerprint density at radius 2 is 1.81 bits per heavy atom. The minimum atomic E-state index is -0.485. The number of amides is 1. The molecule has 0 atom stereocenters. The van der Waals surface area contributed by atoms with Crippen molar-refractivity contribution in [3.05, 3.63) is 29.8 Å². The number of aliphatic imine (C=N–C) groups is 1. The van der Waals surface area contributed by atoms with E-state index in [0.29, 0.717) is 32.1 Å². The third-order valence-corrected chi connectivity index (χ3v) is 3.26. The minimum Gasteiger partial charge on any atom is -0.453 e. The Kier molecular flexibility index (Phi) is 14.7. The zero-order valence-corrected chi connectivity index (χ0v) is 17.9. The van der Waals surface area contributed by atoms with Crippen LogP contribution in [0.1, 0.15) is 12.0 Å². The Balaban J connectivity index is 0.00000625. The van der Waals surface area contributed by atoms with E-state index in [2.05, 4.69) is 25.7 Å². The summed E-state index contributed by atoms with van der Waals surface area (Å²) < 4.78 is 14.9. The molecule has 0 radical (unpaired) electrons. The number of guanidine groups is 1. The smallest absolute Gasteiger partial charge is 0.411 e. The van der Waals surface area contributed by atoms with Crippen molar-refractivity contribution in [2.45, 2.75) is 13.0 Å². The zero-order valence-electron chi connectivity index (χ0n) is 15.5. The Labute approximate surface area is 172 Å². The molecule has 148 valence electrons. The number of ether oxygens (including phenoxy) is 3. The fourth-order valence-corrected chi connectivity index (χ4v) is 1.91. The Hall–Kier alpha value is -1.59. The molecule has 26 heavy (non-hydrogen) atoms. The lowest BCUT2D eigenvalue weighted by molar-refractivity contribution is 0.0698. The van der Waals surface area contributed by atoms with Crippen molar-refractivity contribution < 1.29 is 19.0 Å². The maximum atomic E-state index is 11.1. The first kappa shape index (κ1) is 24.4. The van der Waals surface area contributed by atoms with Crippen molar-refractivity contribution in [2.75, 3.05) is 52.9 Å². The molecule has 1 rings (SSSR count). The number of benzene rings is 1. The van der Waals surface area contributed by atoms with Crippen molar-refractivity contribution in [2.24, 2.45) is 4.99 Å². The summed E-state index contributed by atoms with van der Waals surface area (Å²) in [7, 11) is 4.72. The lowest BCUT2D eigenvalue weighted by Crippen LogP contribution is -2.37. The number of rotatable bonds is 10. The highest BCUT2D eigenvalue weighted by Crippen LogP contribution is 2.09. The second-order valence-corrected chi connectivity index (χ2v) is 5.12. The molecular weight excluding hydrogens is 451 g/mol. The summed E-state index contributed by atoms with van der Waals surface area (Å²) in [4.78, 5) is 15.3. The second-order valence-electron chi connectivity index (χ2n) is 5.12. The number of nitrogens with zero attached hydrogens (tertiary/aromatic N) is 1. The number of carbonyl (C=O) groups excluding carboxylic acids is 1. The van der Waals surface area contributed by atoms with Crippen LogP contribution in [0.5, 0.6) is 0 Å². The molecule has 1 aromatic rings. The second kappa shape index (κ2) is 15.6. The molecule has 0 saturated carbocycles. The molecule has 0 heterocycles. The van der Waals surface area contributed by atoms with Gasteiger partial charge in [-0.15, -0.1) is 24.0 Å². The molecule has 0 bridgehead atoms. The molecule has 0 aliphatic heterocycles. The standard InChI is InChI=1S/C17H28N4O4.HI/c1-18-16(19-9-4-10-25-12-11-23-2)20-13-14-5-7-15(8-6-14)21-17(22)24-3;/h5-8H,4,9-13H2,1-3H3,(H,21,22)(H2,18,19,20);1H. The maximum Gasteiger partial charge on any atom is 0.411 e. The first-order chi connectivity index (χ1) is 12.2. The summed E-state index contributed by atoms with van der Waals surface area (Å²) in [6.07, 6.45) is 0.403. The fraction of sp³-hybridized carbons (Fsp3) is 0.529. The summed E-state index contributed by atoms with van der Waals surface area (Å²) in [6, 6.07) is 7.49. The predicted molar refractivity (Wildman–Crippen MR) is 113 cm³/mol. The predicted octanol–water partition coefficient (Wildman–Crippen LogP) is 2.20. The number of anilines is 1. The summed E-state index contributed by atoms with van der Waals surface area (Å²) >= 11 is 0. The van der Waals surface area contributed by atoms with Gasteiger partial charge in [-0.1, -0.05) is 12.1 Å². The molecule has 0 aromatic heterocycles. The molecule has 3 N–H and O–H groups in total. The monoisotopic (exact) mass is 480 g/mol. The molecule has 8 nitrogen and oxygen atoms in total. The molecule has 0 spiro atoms. The van der Waals surface area contributed by atoms with Gasteiger partial charge in [-0.2, -0.15) is 0 Å². The molecule has 9 heteroatoms. The van der Waals surface area contributed by atoms with Crippen molar-refractivity contribution in [3.63, 3.8) is 0 Å². The minimum absolute atomic E-state index is 0. The van der Waals surface area contributed by atoms with Crippen LogP contribution >= 0.6 is 24.0 Å². The van der Waals surface area contributed by atoms with Gasteiger partial charge in [0, 0.05) is 39.5 Å². The van der Waals surface area contributed by atoms with Crippen molar-refractivity contribution in [1.29, 1.82) is 0 Å². The number of hydrogen-bond acceptors (Lipinski definition) is 5. The van der Waals surface area contributed by atoms with Crippen LogP contribution in [0.15, 0.2) is 29.3 Å². The first-order valence-corrected chi connectivity index (χ1v) is 8.14. The third kappa shape index (κ3) is 11.1. The van der Waals surface area contributed by atoms with Gasteiger partial charge >= 0.3 is 6.09 Å². The van der Waals surface area contributed by atoms with Gasteiger partial charge in [0.1, 0.15) is 0 Å². The molecule has 0 aliphatic rings. The number of carbonyl (C=O) groups is 1. The van der Waals surface area contributed by atoms with Gasteiger partial charge in [0.2, 0.25) is 0 Å². The van der Waals surface area contributed by atoms with E-state index in [1.165, 1.54) is 7.11 Å². The van der Waals surface area contributed by atoms with E-state index < -0.39 is 6.09 Å². The highest BCUT2D eigenvalue weighted by atomic mass is 127. The van der Waals surface area contributed by atoms with Crippen LogP contribution in [0.4, 0.5) is 10.5 Å². The normalized spacial score (nSPS) is 10.7. The third-order valence-electron chi connectivity index (χ3n) is 3.26. The maximum absolute atomic E-state index is 11.1. The van der Waals surface area contributed by atoms with Crippen molar-refractivity contribution >= 4 is 41.7 Å². The van der Waals surface area contributed by atoms with Gasteiger partial charge in [-0.25, -0.2) is 4.79 Å². The quantitative estimate of drug-likeness (QED) is 0.206. The van der Waals surface area contributed by atoms with E-state index >= 15 is 0 Å². The largest absolute Gasteiger partial charge is 0.453 e. The van der Waals surface area contributed by atoms with Crippen LogP contribution in [-0.4, -0.2) is 59.7 Å². The van der Waals surface area contributed by atoms with Crippen LogP contribution in [0.25, 0.3) is 0 Å². The van der Waals surface area contributed by atoms with Crippen molar-refractivity contribution in [1.82, 2.24) is 10.6 Å². The van der Waals surface area contributed by atoms with Gasteiger partial charge in [-0.3, -0.25) is 10.3 Å². The molecule has 1 aromatic carbocycles. The van der Waals surface area contributed by atoms with Crippen LogP contribution < -0.4 is 16.0 Å². The van der Waals surface area contributed by atoms with Gasteiger partial charge in [-0.05, 0) is 24.1 Å². The Bertz CT molecular complexity index is 526. The lowest BCUT2D eigenvalue weighted by atomic mass is 10.2. The van der Waals surface area contributed by atoms with E-state index in [1.54, 1.807) is 14.2 Å². The van der Waals surface area contributed by atoms with E-state index in [-0.39, 0.29) is 24.0 Å². The topological polar surface area (TPSA) is 93.2 Å². The van der Waals surface area contributed by atoms with Crippen molar-refractivity contribution in [3.8, 4) is 0 Å². The average Bonchev–Trinajstić information content (AvgIpc) is 2.64. The molecule has 1 amide bonds.